The summed E-state index contributed by atoms with van der Waals surface area (Å²) >= 11 is 0. The van der Waals surface area contributed by atoms with Gasteiger partial charge in [-0.1, -0.05) is 31.2 Å². The van der Waals surface area contributed by atoms with E-state index in [1.807, 2.05) is 43.4 Å². The Morgan fingerprint density at radius 1 is 1.08 bits per heavy atom. The van der Waals surface area contributed by atoms with Gasteiger partial charge in [0.25, 0.3) is 5.91 Å². The van der Waals surface area contributed by atoms with E-state index < -0.39 is 0 Å². The van der Waals surface area contributed by atoms with Gasteiger partial charge in [-0.25, -0.2) is 0 Å². The molecule has 4 heteroatoms. The molecular weight excluding hydrogens is 300 g/mol. The standard InChI is InChI=1S/C20H26N2O2/c1-15(12-16-6-10-19(24-3)11-7-16)14-22(2)20(23)18-8-4-17(13-21)5-9-18/h4-11,15H,12-14,21H2,1-3H3. The van der Waals surface area contributed by atoms with Crippen molar-refractivity contribution < 1.29 is 9.53 Å². The average Bonchev–Trinajstić information content (AvgIpc) is 2.61. The van der Waals surface area contributed by atoms with Crippen LogP contribution in [-0.4, -0.2) is 31.5 Å². The highest BCUT2D eigenvalue weighted by Gasteiger charge is 2.15. The van der Waals surface area contributed by atoms with Crippen molar-refractivity contribution in [1.29, 1.82) is 0 Å². The van der Waals surface area contributed by atoms with Gasteiger partial charge in [-0.2, -0.15) is 0 Å². The smallest absolute Gasteiger partial charge is 0.253 e. The summed E-state index contributed by atoms with van der Waals surface area (Å²) in [4.78, 5) is 14.3. The molecule has 4 nitrogen and oxygen atoms in total. The van der Waals surface area contributed by atoms with E-state index in [0.29, 0.717) is 24.6 Å². The van der Waals surface area contributed by atoms with Crippen LogP contribution in [0.15, 0.2) is 48.5 Å². The lowest BCUT2D eigenvalue weighted by Gasteiger charge is -2.22. The van der Waals surface area contributed by atoms with E-state index >= 15 is 0 Å². The summed E-state index contributed by atoms with van der Waals surface area (Å²) < 4.78 is 5.17. The van der Waals surface area contributed by atoms with Crippen molar-refractivity contribution >= 4 is 5.91 Å². The van der Waals surface area contributed by atoms with Gasteiger partial charge in [0.2, 0.25) is 0 Å². The van der Waals surface area contributed by atoms with Gasteiger partial charge in [0, 0.05) is 25.7 Å². The summed E-state index contributed by atoms with van der Waals surface area (Å²) in [5.41, 5.74) is 8.57. The zero-order chi connectivity index (χ0) is 17.5. The fourth-order valence-corrected chi connectivity index (χ4v) is 2.78. The number of hydrogen-bond acceptors (Lipinski definition) is 3. The third-order valence-corrected chi connectivity index (χ3v) is 4.11. The van der Waals surface area contributed by atoms with Crippen molar-refractivity contribution in [3.8, 4) is 5.75 Å². The molecule has 2 rings (SSSR count). The van der Waals surface area contributed by atoms with Crippen LogP contribution in [0.25, 0.3) is 0 Å². The summed E-state index contributed by atoms with van der Waals surface area (Å²) in [6.07, 6.45) is 0.924. The van der Waals surface area contributed by atoms with E-state index in [1.165, 1.54) is 5.56 Å². The Bertz CT molecular complexity index is 650. The van der Waals surface area contributed by atoms with E-state index in [9.17, 15) is 4.79 Å². The molecule has 1 amide bonds. The van der Waals surface area contributed by atoms with Crippen molar-refractivity contribution in [2.24, 2.45) is 11.7 Å². The zero-order valence-corrected chi connectivity index (χ0v) is 14.7. The van der Waals surface area contributed by atoms with Crippen molar-refractivity contribution in [3.63, 3.8) is 0 Å². The first-order valence-electron chi connectivity index (χ1n) is 8.21. The molecule has 0 spiro atoms. The minimum absolute atomic E-state index is 0.0418. The van der Waals surface area contributed by atoms with Gasteiger partial charge in [-0.3, -0.25) is 4.79 Å². The Morgan fingerprint density at radius 3 is 2.21 bits per heavy atom. The van der Waals surface area contributed by atoms with Crippen molar-refractivity contribution in [2.75, 3.05) is 20.7 Å². The number of methoxy groups -OCH3 is 1. The first-order chi connectivity index (χ1) is 11.5. The van der Waals surface area contributed by atoms with Crippen LogP contribution in [0.2, 0.25) is 0 Å². The molecule has 1 unspecified atom stereocenters. The Labute approximate surface area is 144 Å². The average molecular weight is 326 g/mol. The monoisotopic (exact) mass is 326 g/mol. The second-order valence-electron chi connectivity index (χ2n) is 6.24. The maximum Gasteiger partial charge on any atom is 0.253 e. The van der Waals surface area contributed by atoms with Crippen LogP contribution in [0, 0.1) is 5.92 Å². The molecule has 0 fully saturated rings. The molecule has 0 aliphatic carbocycles. The predicted molar refractivity (Wildman–Crippen MR) is 97.2 cm³/mol. The molecule has 2 aromatic carbocycles. The lowest BCUT2D eigenvalue weighted by Crippen LogP contribution is -2.31. The number of hydrogen-bond donors (Lipinski definition) is 1. The lowest BCUT2D eigenvalue weighted by atomic mass is 10.0. The number of nitrogens with two attached hydrogens (primary N) is 1. The van der Waals surface area contributed by atoms with E-state index in [2.05, 4.69) is 19.1 Å². The van der Waals surface area contributed by atoms with Crippen LogP contribution < -0.4 is 10.5 Å². The summed E-state index contributed by atoms with van der Waals surface area (Å²) in [6, 6.07) is 15.6. The van der Waals surface area contributed by atoms with E-state index in [-0.39, 0.29) is 5.91 Å². The highest BCUT2D eigenvalue weighted by molar-refractivity contribution is 5.94. The highest BCUT2D eigenvalue weighted by atomic mass is 16.5. The molecule has 24 heavy (non-hydrogen) atoms. The highest BCUT2D eigenvalue weighted by Crippen LogP contribution is 2.16. The number of carbonyl (C=O) groups is 1. The summed E-state index contributed by atoms with van der Waals surface area (Å²) in [5, 5.41) is 0. The van der Waals surface area contributed by atoms with Gasteiger partial charge in [-0.15, -0.1) is 0 Å². The number of rotatable bonds is 7. The summed E-state index contributed by atoms with van der Waals surface area (Å²) in [5.74, 6) is 1.27. The lowest BCUT2D eigenvalue weighted by molar-refractivity contribution is 0.0775. The second-order valence-corrected chi connectivity index (χ2v) is 6.24. The molecule has 0 aliphatic heterocycles. The topological polar surface area (TPSA) is 55.6 Å². The first-order valence-corrected chi connectivity index (χ1v) is 8.21. The molecule has 0 radical (unpaired) electrons. The fraction of sp³-hybridized carbons (Fsp3) is 0.350. The minimum Gasteiger partial charge on any atom is -0.497 e. The van der Waals surface area contributed by atoms with Gasteiger partial charge >= 0.3 is 0 Å². The molecule has 0 saturated heterocycles. The molecule has 2 aromatic rings. The third-order valence-electron chi connectivity index (χ3n) is 4.11. The van der Waals surface area contributed by atoms with Crippen LogP contribution in [0.3, 0.4) is 0 Å². The number of nitrogens with zero attached hydrogens (tertiary/aromatic N) is 1. The van der Waals surface area contributed by atoms with Gasteiger partial charge in [0.1, 0.15) is 5.75 Å². The molecule has 0 aliphatic rings. The van der Waals surface area contributed by atoms with Gasteiger partial charge in [0.15, 0.2) is 0 Å². The molecule has 128 valence electrons. The zero-order valence-electron chi connectivity index (χ0n) is 14.7. The van der Waals surface area contributed by atoms with Gasteiger partial charge < -0.3 is 15.4 Å². The van der Waals surface area contributed by atoms with Crippen molar-refractivity contribution in [2.45, 2.75) is 19.9 Å². The summed E-state index contributed by atoms with van der Waals surface area (Å²) in [7, 11) is 3.52. The van der Waals surface area contributed by atoms with Crippen LogP contribution in [0.1, 0.15) is 28.4 Å². The Balaban J connectivity index is 1.91. The van der Waals surface area contributed by atoms with E-state index in [0.717, 1.165) is 17.7 Å². The second kappa shape index (κ2) is 8.50. The third kappa shape index (κ3) is 4.83. The Kier molecular flexibility index (Phi) is 6.38. The Morgan fingerprint density at radius 2 is 1.67 bits per heavy atom. The van der Waals surface area contributed by atoms with Crippen molar-refractivity contribution in [3.05, 3.63) is 65.2 Å². The maximum atomic E-state index is 12.5. The van der Waals surface area contributed by atoms with Crippen LogP contribution in [0.4, 0.5) is 0 Å². The predicted octanol–water partition coefficient (Wildman–Crippen LogP) is 3.10. The molecule has 0 heterocycles. The fourth-order valence-electron chi connectivity index (χ4n) is 2.78. The quantitative estimate of drug-likeness (QED) is 0.850. The minimum atomic E-state index is 0.0418. The maximum absolute atomic E-state index is 12.5. The number of carbonyl (C=O) groups excluding carboxylic acids is 1. The molecule has 2 N–H and O–H groups in total. The van der Waals surface area contributed by atoms with Crippen LogP contribution in [-0.2, 0) is 13.0 Å². The van der Waals surface area contributed by atoms with E-state index in [4.69, 9.17) is 10.5 Å². The molecule has 0 saturated carbocycles. The number of amides is 1. The molecule has 1 atom stereocenters. The molecular formula is C20H26N2O2. The molecule has 0 aromatic heterocycles. The van der Waals surface area contributed by atoms with Gasteiger partial charge in [-0.05, 0) is 47.7 Å². The summed E-state index contributed by atoms with van der Waals surface area (Å²) in [6.45, 7) is 3.36. The first kappa shape index (κ1) is 18.0. The molecule has 0 bridgehead atoms. The van der Waals surface area contributed by atoms with E-state index in [1.54, 1.807) is 12.0 Å². The normalized spacial score (nSPS) is 11.8. The largest absolute Gasteiger partial charge is 0.497 e. The Hall–Kier alpha value is -2.33. The van der Waals surface area contributed by atoms with Crippen LogP contribution in [0.5, 0.6) is 5.75 Å². The SMILES string of the molecule is COc1ccc(CC(C)CN(C)C(=O)c2ccc(CN)cc2)cc1. The number of benzene rings is 2. The van der Waals surface area contributed by atoms with Crippen LogP contribution >= 0.6 is 0 Å². The van der Waals surface area contributed by atoms with Gasteiger partial charge in [0.05, 0.1) is 7.11 Å². The number of ether oxygens (including phenoxy) is 1. The van der Waals surface area contributed by atoms with Crippen molar-refractivity contribution in [1.82, 2.24) is 4.90 Å².